The van der Waals surface area contributed by atoms with Gasteiger partial charge in [0.05, 0.1) is 16.4 Å². The average Bonchev–Trinajstić information content (AvgIpc) is 2.72. The Morgan fingerprint density at radius 3 is 2.95 bits per heavy atom. The maximum atomic E-state index is 13.3. The number of carbonyl (C=O) groups excluding carboxylic acids is 2. The van der Waals surface area contributed by atoms with Crippen molar-refractivity contribution in [2.75, 3.05) is 22.9 Å². The molecule has 20 heavy (non-hydrogen) atoms. The molecule has 1 saturated heterocycles. The number of anilines is 2. The summed E-state index contributed by atoms with van der Waals surface area (Å²) in [5, 5.41) is -0.0381. The fourth-order valence-corrected chi connectivity index (χ4v) is 3.00. The van der Waals surface area contributed by atoms with Crippen molar-refractivity contribution in [1.29, 1.82) is 0 Å². The number of rotatable bonds is 3. The first-order chi connectivity index (χ1) is 9.38. The highest BCUT2D eigenvalue weighted by atomic mass is 35.5. The molecule has 1 heterocycles. The molecule has 2 rings (SSSR count). The Balaban J connectivity index is 2.16. The van der Waals surface area contributed by atoms with E-state index in [2.05, 4.69) is 0 Å². The van der Waals surface area contributed by atoms with E-state index in [1.54, 1.807) is 0 Å². The maximum Gasteiger partial charge on any atom is 0.227 e. The van der Waals surface area contributed by atoms with Gasteiger partial charge in [-0.25, -0.2) is 4.39 Å². The van der Waals surface area contributed by atoms with Crippen molar-refractivity contribution in [3.8, 4) is 0 Å². The number of benzene rings is 1. The molecule has 1 fully saturated rings. The summed E-state index contributed by atoms with van der Waals surface area (Å²) in [5.74, 6) is -0.0248. The van der Waals surface area contributed by atoms with Crippen LogP contribution in [0.3, 0.4) is 0 Å². The summed E-state index contributed by atoms with van der Waals surface area (Å²) < 4.78 is 13.3. The molecular weight excluding hydrogens is 303 g/mol. The van der Waals surface area contributed by atoms with E-state index in [0.29, 0.717) is 24.4 Å². The van der Waals surface area contributed by atoms with Crippen LogP contribution in [0.4, 0.5) is 15.8 Å². The molecule has 0 bridgehead atoms. The summed E-state index contributed by atoms with van der Waals surface area (Å²) >= 11 is 6.94. The van der Waals surface area contributed by atoms with Gasteiger partial charge in [-0.15, -0.1) is 0 Å². The summed E-state index contributed by atoms with van der Waals surface area (Å²) in [7, 11) is 0. The molecule has 0 radical (unpaired) electrons. The van der Waals surface area contributed by atoms with Crippen molar-refractivity contribution in [3.05, 3.63) is 23.0 Å². The SMILES string of the molecule is CC(=O)SCC1CC(=O)N(c2cc(Cl)c(F)cc2N)C1. The predicted molar refractivity (Wildman–Crippen MR) is 79.4 cm³/mol. The van der Waals surface area contributed by atoms with Crippen molar-refractivity contribution in [3.63, 3.8) is 0 Å². The lowest BCUT2D eigenvalue weighted by Gasteiger charge is -2.19. The first-order valence-electron chi connectivity index (χ1n) is 6.06. The third-order valence-corrected chi connectivity index (χ3v) is 4.42. The van der Waals surface area contributed by atoms with Gasteiger partial charge in [-0.05, 0) is 12.0 Å². The van der Waals surface area contributed by atoms with Crippen LogP contribution in [-0.2, 0) is 9.59 Å². The van der Waals surface area contributed by atoms with E-state index < -0.39 is 5.82 Å². The number of hydrogen-bond acceptors (Lipinski definition) is 4. The Hall–Kier alpha value is -1.27. The molecule has 0 aromatic heterocycles. The summed E-state index contributed by atoms with van der Waals surface area (Å²) in [6.45, 7) is 1.96. The minimum absolute atomic E-state index is 0.0280. The van der Waals surface area contributed by atoms with Crippen molar-refractivity contribution < 1.29 is 14.0 Å². The molecule has 1 aliphatic rings. The Morgan fingerprint density at radius 1 is 1.60 bits per heavy atom. The third kappa shape index (κ3) is 3.24. The summed E-state index contributed by atoms with van der Waals surface area (Å²) in [6, 6.07) is 2.48. The van der Waals surface area contributed by atoms with Gasteiger partial charge in [-0.3, -0.25) is 9.59 Å². The number of halogens is 2. The quantitative estimate of drug-likeness (QED) is 0.871. The van der Waals surface area contributed by atoms with E-state index in [0.717, 1.165) is 6.07 Å². The van der Waals surface area contributed by atoms with Gasteiger partial charge in [0.25, 0.3) is 0 Å². The zero-order chi connectivity index (χ0) is 14.9. The second-order valence-electron chi connectivity index (χ2n) is 4.70. The molecule has 7 heteroatoms. The fraction of sp³-hybridized carbons (Fsp3) is 0.385. The highest BCUT2D eigenvalue weighted by Gasteiger charge is 2.32. The molecule has 1 aliphatic heterocycles. The molecule has 1 unspecified atom stereocenters. The van der Waals surface area contributed by atoms with E-state index in [1.165, 1.54) is 29.7 Å². The van der Waals surface area contributed by atoms with Crippen LogP contribution in [0, 0.1) is 11.7 Å². The number of amides is 1. The van der Waals surface area contributed by atoms with Crippen LogP contribution >= 0.6 is 23.4 Å². The van der Waals surface area contributed by atoms with Gasteiger partial charge >= 0.3 is 0 Å². The fourth-order valence-electron chi connectivity index (χ4n) is 2.15. The standard InChI is InChI=1S/C13H14ClFN2O2S/c1-7(18)20-6-8-2-13(19)17(5-8)12-3-9(14)10(15)4-11(12)16/h3-4,8H,2,5-6,16H2,1H3. The van der Waals surface area contributed by atoms with E-state index in [-0.39, 0.29) is 27.7 Å². The number of nitrogens with two attached hydrogens (primary N) is 1. The molecule has 1 aromatic rings. The minimum Gasteiger partial charge on any atom is -0.397 e. The maximum absolute atomic E-state index is 13.3. The van der Waals surface area contributed by atoms with E-state index in [4.69, 9.17) is 17.3 Å². The number of carbonyl (C=O) groups is 2. The summed E-state index contributed by atoms with van der Waals surface area (Å²) in [5.41, 5.74) is 6.36. The van der Waals surface area contributed by atoms with Crippen LogP contribution < -0.4 is 10.6 Å². The zero-order valence-electron chi connectivity index (χ0n) is 10.9. The van der Waals surface area contributed by atoms with Crippen molar-refractivity contribution in [1.82, 2.24) is 0 Å². The molecule has 1 aromatic carbocycles. The largest absolute Gasteiger partial charge is 0.397 e. The number of nitrogens with zero attached hydrogens (tertiary/aromatic N) is 1. The summed E-state index contributed by atoms with van der Waals surface area (Å²) in [6.07, 6.45) is 0.356. The molecular formula is C13H14ClFN2O2S. The van der Waals surface area contributed by atoms with E-state index >= 15 is 0 Å². The smallest absolute Gasteiger partial charge is 0.227 e. The molecule has 0 saturated carbocycles. The normalized spacial score (nSPS) is 18.6. The van der Waals surface area contributed by atoms with Gasteiger partial charge in [0.1, 0.15) is 5.82 Å². The lowest BCUT2D eigenvalue weighted by atomic mass is 10.1. The Kier molecular flexibility index (Phi) is 4.55. The van der Waals surface area contributed by atoms with Crippen LogP contribution in [-0.4, -0.2) is 23.3 Å². The Morgan fingerprint density at radius 2 is 2.30 bits per heavy atom. The minimum atomic E-state index is -0.608. The number of nitrogen functional groups attached to an aromatic ring is 1. The van der Waals surface area contributed by atoms with E-state index in [9.17, 15) is 14.0 Å². The topological polar surface area (TPSA) is 63.4 Å². The molecule has 2 N–H and O–H groups in total. The first-order valence-corrected chi connectivity index (χ1v) is 7.43. The highest BCUT2D eigenvalue weighted by Crippen LogP contribution is 2.34. The van der Waals surface area contributed by atoms with Crippen molar-refractivity contribution >= 4 is 45.8 Å². The predicted octanol–water partition coefficient (Wildman–Crippen LogP) is 2.69. The zero-order valence-corrected chi connectivity index (χ0v) is 12.4. The Labute approximate surface area is 125 Å². The van der Waals surface area contributed by atoms with Gasteiger partial charge in [0.2, 0.25) is 5.91 Å². The highest BCUT2D eigenvalue weighted by molar-refractivity contribution is 8.13. The van der Waals surface area contributed by atoms with Crippen LogP contribution in [0.5, 0.6) is 0 Å². The van der Waals surface area contributed by atoms with Gasteiger partial charge in [-0.2, -0.15) is 0 Å². The number of thioether (sulfide) groups is 1. The third-order valence-electron chi connectivity index (χ3n) is 3.09. The van der Waals surface area contributed by atoms with Crippen LogP contribution in [0.15, 0.2) is 12.1 Å². The second kappa shape index (κ2) is 6.01. The van der Waals surface area contributed by atoms with Crippen LogP contribution in [0.1, 0.15) is 13.3 Å². The van der Waals surface area contributed by atoms with Gasteiger partial charge in [0.15, 0.2) is 5.12 Å². The monoisotopic (exact) mass is 316 g/mol. The molecule has 1 atom stereocenters. The van der Waals surface area contributed by atoms with E-state index in [1.807, 2.05) is 0 Å². The molecule has 4 nitrogen and oxygen atoms in total. The summed E-state index contributed by atoms with van der Waals surface area (Å²) in [4.78, 5) is 24.5. The Bertz CT molecular complexity index is 568. The molecule has 1 amide bonds. The van der Waals surface area contributed by atoms with Crippen LogP contribution in [0.2, 0.25) is 5.02 Å². The molecule has 0 spiro atoms. The van der Waals surface area contributed by atoms with Crippen molar-refractivity contribution in [2.45, 2.75) is 13.3 Å². The second-order valence-corrected chi connectivity index (χ2v) is 6.31. The van der Waals surface area contributed by atoms with Crippen LogP contribution in [0.25, 0.3) is 0 Å². The molecule has 108 valence electrons. The lowest BCUT2D eigenvalue weighted by Crippen LogP contribution is -2.25. The first kappa shape index (κ1) is 15.1. The van der Waals surface area contributed by atoms with Crippen molar-refractivity contribution in [2.24, 2.45) is 5.92 Å². The lowest BCUT2D eigenvalue weighted by molar-refractivity contribution is -0.117. The average molecular weight is 317 g/mol. The van der Waals surface area contributed by atoms with Gasteiger partial charge < -0.3 is 10.6 Å². The van der Waals surface area contributed by atoms with Gasteiger partial charge in [0, 0.05) is 31.7 Å². The van der Waals surface area contributed by atoms with Gasteiger partial charge in [-0.1, -0.05) is 23.4 Å². The molecule has 0 aliphatic carbocycles. The number of hydrogen-bond donors (Lipinski definition) is 1.